The number of carbonyl (C=O) groups is 2. The van der Waals surface area contributed by atoms with Crippen LogP contribution in [0.4, 0.5) is 11.5 Å². The van der Waals surface area contributed by atoms with Gasteiger partial charge in [0.15, 0.2) is 0 Å². The third-order valence-corrected chi connectivity index (χ3v) is 4.75. The Bertz CT molecular complexity index is 1340. The summed E-state index contributed by atoms with van der Waals surface area (Å²) < 4.78 is 17.2. The van der Waals surface area contributed by atoms with Crippen molar-refractivity contribution in [3.63, 3.8) is 0 Å². The molecule has 33 heavy (non-hydrogen) atoms. The molecule has 3 rings (SSSR count). The fourth-order valence-electron chi connectivity index (χ4n) is 3.07. The zero-order valence-corrected chi connectivity index (χ0v) is 18.4. The molecule has 0 aliphatic carbocycles. The van der Waals surface area contributed by atoms with Crippen LogP contribution in [0, 0.1) is 0 Å². The van der Waals surface area contributed by atoms with E-state index >= 15 is 0 Å². The van der Waals surface area contributed by atoms with E-state index < -0.39 is 23.1 Å². The molecule has 1 heterocycles. The van der Waals surface area contributed by atoms with Gasteiger partial charge in [-0.15, -0.1) is 0 Å². The molecule has 0 bridgehead atoms. The molecule has 0 saturated heterocycles. The second kappa shape index (κ2) is 9.30. The minimum Gasteiger partial charge on any atom is -0.497 e. The van der Waals surface area contributed by atoms with Gasteiger partial charge in [-0.05, 0) is 42.5 Å². The number of esters is 1. The SMILES string of the molecule is COc1ccc(-n2c(N)c(NC(=O)c3cc(OC)ccc3OC(C)=O)c(=O)n(C)c2=O)cc1. The van der Waals surface area contributed by atoms with Crippen LogP contribution in [0.5, 0.6) is 17.2 Å². The van der Waals surface area contributed by atoms with Crippen molar-refractivity contribution in [2.45, 2.75) is 6.92 Å². The number of hydrogen-bond acceptors (Lipinski definition) is 8. The molecule has 0 spiro atoms. The Hall–Kier alpha value is -4.54. The fourth-order valence-corrected chi connectivity index (χ4v) is 3.07. The summed E-state index contributed by atoms with van der Waals surface area (Å²) in [6, 6.07) is 10.6. The van der Waals surface area contributed by atoms with Gasteiger partial charge in [0.25, 0.3) is 11.5 Å². The number of methoxy groups -OCH3 is 2. The van der Waals surface area contributed by atoms with E-state index in [1.807, 2.05) is 0 Å². The van der Waals surface area contributed by atoms with Crippen molar-refractivity contribution in [2.75, 3.05) is 25.3 Å². The summed E-state index contributed by atoms with van der Waals surface area (Å²) in [6.45, 7) is 1.18. The van der Waals surface area contributed by atoms with Gasteiger partial charge in [-0.1, -0.05) is 0 Å². The number of nitrogens with one attached hydrogen (secondary N) is 1. The Labute approximate surface area is 187 Å². The van der Waals surface area contributed by atoms with Gasteiger partial charge in [-0.3, -0.25) is 19.0 Å². The lowest BCUT2D eigenvalue weighted by Gasteiger charge is -2.16. The summed E-state index contributed by atoms with van der Waals surface area (Å²) in [7, 11) is 4.16. The van der Waals surface area contributed by atoms with Gasteiger partial charge >= 0.3 is 11.7 Å². The number of hydrogen-bond donors (Lipinski definition) is 2. The monoisotopic (exact) mass is 454 g/mol. The number of rotatable bonds is 6. The Balaban J connectivity index is 2.12. The quantitative estimate of drug-likeness (QED) is 0.419. The Morgan fingerprint density at radius 2 is 1.58 bits per heavy atom. The van der Waals surface area contributed by atoms with E-state index in [0.717, 1.165) is 9.13 Å². The van der Waals surface area contributed by atoms with Crippen LogP contribution in [0.25, 0.3) is 5.69 Å². The lowest BCUT2D eigenvalue weighted by atomic mass is 10.1. The van der Waals surface area contributed by atoms with Gasteiger partial charge < -0.3 is 25.3 Å². The number of aromatic nitrogens is 2. The standard InChI is InChI=1S/C22H22N4O7/c1-12(27)33-17-10-9-15(32-4)11-16(17)20(28)24-18-19(23)26(22(30)25(2)21(18)29)13-5-7-14(31-3)8-6-13/h5-11H,23H2,1-4H3,(H,24,28). The molecular weight excluding hydrogens is 432 g/mol. The van der Waals surface area contributed by atoms with E-state index in [4.69, 9.17) is 19.9 Å². The van der Waals surface area contributed by atoms with Crippen LogP contribution in [0.1, 0.15) is 17.3 Å². The van der Waals surface area contributed by atoms with Gasteiger partial charge in [0.05, 0.1) is 25.5 Å². The second-order valence-electron chi connectivity index (χ2n) is 6.85. The van der Waals surface area contributed by atoms with E-state index in [0.29, 0.717) is 17.2 Å². The molecule has 2 aromatic carbocycles. The van der Waals surface area contributed by atoms with E-state index in [1.54, 1.807) is 24.3 Å². The highest BCUT2D eigenvalue weighted by atomic mass is 16.5. The van der Waals surface area contributed by atoms with Gasteiger partial charge in [0.2, 0.25) is 0 Å². The number of nitrogens with two attached hydrogens (primary N) is 1. The number of benzene rings is 2. The fraction of sp³-hybridized carbons (Fsp3) is 0.182. The molecule has 11 nitrogen and oxygen atoms in total. The molecule has 3 aromatic rings. The molecule has 0 aliphatic heterocycles. The Kier molecular flexibility index (Phi) is 6.52. The van der Waals surface area contributed by atoms with Crippen LogP contribution in [0.15, 0.2) is 52.1 Å². The minimum atomic E-state index is -0.812. The summed E-state index contributed by atoms with van der Waals surface area (Å²) in [5.74, 6) is -0.885. The number of ether oxygens (including phenoxy) is 3. The highest BCUT2D eigenvalue weighted by Crippen LogP contribution is 2.26. The molecule has 0 radical (unpaired) electrons. The van der Waals surface area contributed by atoms with E-state index in [-0.39, 0.29) is 22.8 Å². The van der Waals surface area contributed by atoms with Crippen LogP contribution in [0.3, 0.4) is 0 Å². The maximum atomic E-state index is 13.1. The van der Waals surface area contributed by atoms with E-state index in [2.05, 4.69) is 5.32 Å². The molecule has 0 unspecified atom stereocenters. The maximum Gasteiger partial charge on any atom is 0.337 e. The number of amides is 1. The Morgan fingerprint density at radius 1 is 0.970 bits per heavy atom. The van der Waals surface area contributed by atoms with E-state index in [1.165, 1.54) is 46.4 Å². The lowest BCUT2D eigenvalue weighted by molar-refractivity contribution is -0.131. The second-order valence-corrected chi connectivity index (χ2v) is 6.85. The molecule has 0 aliphatic rings. The average Bonchev–Trinajstić information content (AvgIpc) is 2.80. The number of nitrogen functional groups attached to an aromatic ring is 1. The van der Waals surface area contributed by atoms with Crippen molar-refractivity contribution < 1.29 is 23.8 Å². The van der Waals surface area contributed by atoms with Crippen molar-refractivity contribution in [1.82, 2.24) is 9.13 Å². The third kappa shape index (κ3) is 4.56. The van der Waals surface area contributed by atoms with Gasteiger partial charge in [-0.2, -0.15) is 0 Å². The smallest absolute Gasteiger partial charge is 0.337 e. The molecule has 1 amide bonds. The summed E-state index contributed by atoms with van der Waals surface area (Å²) in [6.07, 6.45) is 0. The summed E-state index contributed by atoms with van der Waals surface area (Å²) in [5.41, 5.74) is 4.59. The molecule has 0 atom stereocenters. The van der Waals surface area contributed by atoms with Crippen LogP contribution in [-0.2, 0) is 11.8 Å². The largest absolute Gasteiger partial charge is 0.497 e. The first-order chi connectivity index (χ1) is 15.7. The van der Waals surface area contributed by atoms with Crippen molar-refractivity contribution >= 4 is 23.4 Å². The number of carbonyl (C=O) groups excluding carboxylic acids is 2. The normalized spacial score (nSPS) is 10.4. The van der Waals surface area contributed by atoms with E-state index in [9.17, 15) is 19.2 Å². The predicted octanol–water partition coefficient (Wildman–Crippen LogP) is 1.31. The molecule has 172 valence electrons. The van der Waals surface area contributed by atoms with Gasteiger partial charge in [-0.25, -0.2) is 9.36 Å². The molecule has 0 fully saturated rings. The zero-order chi connectivity index (χ0) is 24.3. The van der Waals surface area contributed by atoms with Crippen LogP contribution in [-0.4, -0.2) is 35.2 Å². The average molecular weight is 454 g/mol. The van der Waals surface area contributed by atoms with Crippen molar-refractivity contribution in [2.24, 2.45) is 7.05 Å². The predicted molar refractivity (Wildman–Crippen MR) is 121 cm³/mol. The third-order valence-electron chi connectivity index (χ3n) is 4.75. The molecule has 0 saturated carbocycles. The van der Waals surface area contributed by atoms with Gasteiger partial charge in [0.1, 0.15) is 28.8 Å². The van der Waals surface area contributed by atoms with Crippen LogP contribution < -0.4 is 36.5 Å². The summed E-state index contributed by atoms with van der Waals surface area (Å²) in [4.78, 5) is 50.0. The highest BCUT2D eigenvalue weighted by molar-refractivity contribution is 6.07. The summed E-state index contributed by atoms with van der Waals surface area (Å²) in [5, 5.41) is 2.43. The maximum absolute atomic E-state index is 13.1. The van der Waals surface area contributed by atoms with Crippen molar-refractivity contribution in [3.8, 4) is 22.9 Å². The van der Waals surface area contributed by atoms with Gasteiger partial charge in [0, 0.05) is 14.0 Å². The lowest BCUT2D eigenvalue weighted by Crippen LogP contribution is -2.40. The van der Waals surface area contributed by atoms with Crippen molar-refractivity contribution in [1.29, 1.82) is 0 Å². The number of anilines is 2. The zero-order valence-electron chi connectivity index (χ0n) is 18.4. The molecule has 1 aromatic heterocycles. The Morgan fingerprint density at radius 3 is 2.15 bits per heavy atom. The first-order valence-corrected chi connectivity index (χ1v) is 9.61. The molecule has 11 heteroatoms. The number of nitrogens with zero attached hydrogens (tertiary/aromatic N) is 2. The topological polar surface area (TPSA) is 144 Å². The minimum absolute atomic E-state index is 0.0420. The van der Waals surface area contributed by atoms with Crippen molar-refractivity contribution in [3.05, 3.63) is 68.9 Å². The summed E-state index contributed by atoms with van der Waals surface area (Å²) >= 11 is 0. The molecule has 3 N–H and O–H groups in total. The van der Waals surface area contributed by atoms with Crippen LogP contribution in [0.2, 0.25) is 0 Å². The highest BCUT2D eigenvalue weighted by Gasteiger charge is 2.22. The van der Waals surface area contributed by atoms with Crippen LogP contribution >= 0.6 is 0 Å². The molecular formula is C22H22N4O7. The first kappa shape index (κ1) is 23.1. The first-order valence-electron chi connectivity index (χ1n) is 9.61.